The predicted octanol–water partition coefficient (Wildman–Crippen LogP) is 5.52. The number of carbonyl (C=O) groups excluding carboxylic acids is 1. The Kier molecular flexibility index (Phi) is 8.49. The molecule has 0 spiro atoms. The molecule has 6 heteroatoms. The van der Waals surface area contributed by atoms with Gasteiger partial charge in [-0.3, -0.25) is 4.79 Å². The second-order valence-corrected chi connectivity index (χ2v) is 6.97. The van der Waals surface area contributed by atoms with Crippen LogP contribution < -0.4 is 4.74 Å². The molecule has 30 heavy (non-hydrogen) atoms. The molecule has 0 amide bonds. The molecule has 0 aliphatic carbocycles. The summed E-state index contributed by atoms with van der Waals surface area (Å²) in [7, 11) is 0. The molecule has 0 saturated heterocycles. The first-order valence-corrected chi connectivity index (χ1v) is 9.74. The smallest absolute Gasteiger partial charge is 0.411 e. The lowest BCUT2D eigenvalue weighted by Crippen LogP contribution is -2.27. The number of ether oxygens (including phenoxy) is 2. The maximum absolute atomic E-state index is 12.2. The number of Topliss-reactive ketones (excluding diaryl/α,β-unsaturated/α-hetero) is 1. The van der Waals surface area contributed by atoms with Crippen molar-refractivity contribution in [3.05, 3.63) is 65.2 Å². The van der Waals surface area contributed by atoms with Crippen LogP contribution in [0.1, 0.15) is 49.8 Å². The molecule has 2 unspecified atom stereocenters. The lowest BCUT2D eigenvalue weighted by atomic mass is 9.93. The number of ketones is 1. The second-order valence-electron chi connectivity index (χ2n) is 6.97. The third-order valence-corrected chi connectivity index (χ3v) is 4.45. The van der Waals surface area contributed by atoms with Crippen molar-refractivity contribution in [2.45, 2.75) is 45.4 Å². The Morgan fingerprint density at radius 3 is 2.00 bits per heavy atom. The van der Waals surface area contributed by atoms with Crippen LogP contribution in [0.4, 0.5) is 13.2 Å². The molecule has 2 atom stereocenters. The summed E-state index contributed by atoms with van der Waals surface area (Å²) < 4.78 is 46.7. The minimum atomic E-state index is -4.44. The van der Waals surface area contributed by atoms with Crippen molar-refractivity contribution in [2.24, 2.45) is 0 Å². The van der Waals surface area contributed by atoms with Crippen molar-refractivity contribution in [2.75, 3.05) is 13.2 Å². The van der Waals surface area contributed by atoms with Gasteiger partial charge < -0.3 is 9.47 Å². The van der Waals surface area contributed by atoms with Crippen LogP contribution in [0.2, 0.25) is 0 Å². The van der Waals surface area contributed by atoms with E-state index in [1.165, 1.54) is 6.92 Å². The van der Waals surface area contributed by atoms with Crippen molar-refractivity contribution < 1.29 is 27.4 Å². The third kappa shape index (κ3) is 7.92. The van der Waals surface area contributed by atoms with Crippen LogP contribution in [0.15, 0.2) is 48.5 Å². The average Bonchev–Trinajstić information content (AvgIpc) is 2.71. The minimum absolute atomic E-state index is 0.107. The molecule has 3 nitrogen and oxygen atoms in total. The number of rotatable bonds is 8. The summed E-state index contributed by atoms with van der Waals surface area (Å²) >= 11 is 0. The highest BCUT2D eigenvalue weighted by atomic mass is 19.4. The molecule has 0 fully saturated rings. The molecule has 0 heterocycles. The van der Waals surface area contributed by atoms with Gasteiger partial charge in [-0.15, -0.1) is 0 Å². The highest BCUT2D eigenvalue weighted by Crippen LogP contribution is 2.22. The molecule has 0 radical (unpaired) electrons. The molecule has 0 aliphatic rings. The second kappa shape index (κ2) is 10.8. The first-order chi connectivity index (χ1) is 14.2. The van der Waals surface area contributed by atoms with Gasteiger partial charge in [-0.1, -0.05) is 30.9 Å². The summed E-state index contributed by atoms with van der Waals surface area (Å²) in [6, 6.07) is 15.0. The standard InChI is InChI=1S/C24H25F3O3/c1-4-29-22-13-9-20(10-14-22)6-5-19-7-11-21(12-8-19)17(2)15-23(28)18(3)30-16-24(25,26)27/h7-14,17-18H,4,15-16H2,1-3H3. The van der Waals surface area contributed by atoms with Crippen LogP contribution in [0.5, 0.6) is 5.75 Å². The quantitative estimate of drug-likeness (QED) is 0.530. The Hall–Kier alpha value is -2.78. The van der Waals surface area contributed by atoms with E-state index < -0.39 is 18.9 Å². The van der Waals surface area contributed by atoms with Gasteiger partial charge in [0.25, 0.3) is 0 Å². The molecule has 2 rings (SSSR count). The van der Waals surface area contributed by atoms with E-state index in [9.17, 15) is 18.0 Å². The number of hydrogen-bond donors (Lipinski definition) is 0. The molecule has 2 aromatic carbocycles. The average molecular weight is 418 g/mol. The largest absolute Gasteiger partial charge is 0.494 e. The summed E-state index contributed by atoms with van der Waals surface area (Å²) in [5, 5.41) is 0. The Morgan fingerprint density at radius 1 is 0.967 bits per heavy atom. The van der Waals surface area contributed by atoms with E-state index in [2.05, 4.69) is 16.6 Å². The van der Waals surface area contributed by atoms with Crippen LogP contribution in [0, 0.1) is 11.8 Å². The van der Waals surface area contributed by atoms with Gasteiger partial charge in [-0.05, 0) is 61.7 Å². The van der Waals surface area contributed by atoms with Gasteiger partial charge >= 0.3 is 6.18 Å². The molecular weight excluding hydrogens is 393 g/mol. The van der Waals surface area contributed by atoms with Gasteiger partial charge in [0, 0.05) is 17.5 Å². The van der Waals surface area contributed by atoms with Crippen LogP contribution in [-0.2, 0) is 9.53 Å². The van der Waals surface area contributed by atoms with E-state index in [0.717, 1.165) is 22.4 Å². The van der Waals surface area contributed by atoms with Crippen molar-refractivity contribution >= 4 is 5.78 Å². The summed E-state index contributed by atoms with van der Waals surface area (Å²) in [5.41, 5.74) is 2.61. The van der Waals surface area contributed by atoms with Crippen molar-refractivity contribution in [1.29, 1.82) is 0 Å². The summed E-state index contributed by atoms with van der Waals surface area (Å²) in [5.74, 6) is 6.48. The summed E-state index contributed by atoms with van der Waals surface area (Å²) in [4.78, 5) is 12.1. The highest BCUT2D eigenvalue weighted by Gasteiger charge is 2.30. The van der Waals surface area contributed by atoms with Crippen LogP contribution in [-0.4, -0.2) is 31.3 Å². The SMILES string of the molecule is CCOc1ccc(C#Cc2ccc(C(C)CC(=O)C(C)OCC(F)(F)F)cc2)cc1. The molecule has 0 N–H and O–H groups in total. The van der Waals surface area contributed by atoms with Gasteiger partial charge in [0.2, 0.25) is 0 Å². The van der Waals surface area contributed by atoms with E-state index in [-0.39, 0.29) is 18.1 Å². The fourth-order valence-corrected chi connectivity index (χ4v) is 2.74. The van der Waals surface area contributed by atoms with Gasteiger partial charge in [0.1, 0.15) is 18.5 Å². The first kappa shape index (κ1) is 23.5. The van der Waals surface area contributed by atoms with Crippen LogP contribution >= 0.6 is 0 Å². The van der Waals surface area contributed by atoms with Crippen molar-refractivity contribution in [3.8, 4) is 17.6 Å². The summed E-state index contributed by atoms with van der Waals surface area (Å²) in [6.45, 7) is 4.32. The number of carbonyl (C=O) groups is 1. The topological polar surface area (TPSA) is 35.5 Å². The van der Waals surface area contributed by atoms with Gasteiger partial charge in [-0.2, -0.15) is 13.2 Å². The predicted molar refractivity (Wildman–Crippen MR) is 110 cm³/mol. The fourth-order valence-electron chi connectivity index (χ4n) is 2.74. The molecule has 0 aromatic heterocycles. The Balaban J connectivity index is 1.92. The molecular formula is C24H25F3O3. The van der Waals surface area contributed by atoms with Crippen molar-refractivity contribution in [3.63, 3.8) is 0 Å². The number of halogens is 3. The molecule has 0 bridgehead atoms. The molecule has 0 saturated carbocycles. The van der Waals surface area contributed by atoms with Gasteiger partial charge in [0.15, 0.2) is 5.78 Å². The Labute approximate surface area is 175 Å². The van der Waals surface area contributed by atoms with Gasteiger partial charge in [-0.25, -0.2) is 0 Å². The van der Waals surface area contributed by atoms with Crippen LogP contribution in [0.3, 0.4) is 0 Å². The monoisotopic (exact) mass is 418 g/mol. The molecule has 0 aliphatic heterocycles. The number of benzene rings is 2. The zero-order chi connectivity index (χ0) is 22.1. The van der Waals surface area contributed by atoms with E-state index in [1.807, 2.05) is 62.4 Å². The summed E-state index contributed by atoms with van der Waals surface area (Å²) in [6.07, 6.45) is -5.42. The molecule has 160 valence electrons. The highest BCUT2D eigenvalue weighted by molar-refractivity contribution is 5.83. The normalized spacial score (nSPS) is 13.1. The first-order valence-electron chi connectivity index (χ1n) is 9.74. The van der Waals surface area contributed by atoms with E-state index in [4.69, 9.17) is 4.74 Å². The Bertz CT molecular complexity index is 875. The van der Waals surface area contributed by atoms with Gasteiger partial charge in [0.05, 0.1) is 6.61 Å². The molecule has 2 aromatic rings. The van der Waals surface area contributed by atoms with Crippen molar-refractivity contribution in [1.82, 2.24) is 0 Å². The zero-order valence-corrected chi connectivity index (χ0v) is 17.3. The third-order valence-electron chi connectivity index (χ3n) is 4.45. The van der Waals surface area contributed by atoms with Crippen LogP contribution in [0.25, 0.3) is 0 Å². The zero-order valence-electron chi connectivity index (χ0n) is 17.3. The number of alkyl halides is 3. The van der Waals surface area contributed by atoms with E-state index in [0.29, 0.717) is 6.61 Å². The van der Waals surface area contributed by atoms with E-state index in [1.54, 1.807) is 0 Å². The lowest BCUT2D eigenvalue weighted by Gasteiger charge is -2.16. The minimum Gasteiger partial charge on any atom is -0.494 e. The Morgan fingerprint density at radius 2 is 1.50 bits per heavy atom. The maximum atomic E-state index is 12.2. The maximum Gasteiger partial charge on any atom is 0.411 e. The van der Waals surface area contributed by atoms with E-state index >= 15 is 0 Å². The fraction of sp³-hybridized carbons (Fsp3) is 0.375. The lowest BCUT2D eigenvalue weighted by molar-refractivity contribution is -0.185. The number of hydrogen-bond acceptors (Lipinski definition) is 3.